The summed E-state index contributed by atoms with van der Waals surface area (Å²) in [6.07, 6.45) is 4.68. The van der Waals surface area contributed by atoms with Gasteiger partial charge in [0.25, 0.3) is 0 Å². The molecule has 28 heavy (non-hydrogen) atoms. The van der Waals surface area contributed by atoms with Gasteiger partial charge in [-0.3, -0.25) is 4.98 Å². The maximum atomic E-state index is 10.3. The Morgan fingerprint density at radius 2 is 1.96 bits per heavy atom. The van der Waals surface area contributed by atoms with Crippen molar-refractivity contribution in [1.29, 1.82) is 0 Å². The van der Waals surface area contributed by atoms with Crippen LogP contribution in [0.5, 0.6) is 0 Å². The molecule has 3 aromatic heterocycles. The summed E-state index contributed by atoms with van der Waals surface area (Å²) >= 11 is 1.61. The molecule has 2 unspecified atom stereocenters. The summed E-state index contributed by atoms with van der Waals surface area (Å²) in [7, 11) is 0. The highest BCUT2D eigenvalue weighted by Gasteiger charge is 2.35. The van der Waals surface area contributed by atoms with Crippen molar-refractivity contribution in [2.24, 2.45) is 5.92 Å². The summed E-state index contributed by atoms with van der Waals surface area (Å²) in [6.45, 7) is 7.67. The molecule has 3 aromatic rings. The zero-order chi connectivity index (χ0) is 20.1. The Morgan fingerprint density at radius 1 is 1.18 bits per heavy atom. The number of thiazole rings is 1. The number of anilines is 2. The van der Waals surface area contributed by atoms with E-state index in [1.165, 1.54) is 0 Å². The molecule has 2 atom stereocenters. The van der Waals surface area contributed by atoms with Crippen LogP contribution < -0.4 is 11.1 Å². The number of hydrogen-bond donors (Lipinski definition) is 3. The monoisotopic (exact) mass is 398 g/mol. The molecule has 0 radical (unpaired) electrons. The number of nitrogens with two attached hydrogens (primary N) is 1. The lowest BCUT2D eigenvalue weighted by Gasteiger charge is -2.25. The van der Waals surface area contributed by atoms with E-state index in [0.717, 1.165) is 57.3 Å². The molecular weight excluding hydrogens is 372 g/mol. The molecule has 8 heteroatoms. The minimum Gasteiger partial charge on any atom is -0.390 e. The summed E-state index contributed by atoms with van der Waals surface area (Å²) in [6, 6.07) is 2.22. The fraction of sp³-hybridized carbons (Fsp3) is 0.500. The Balaban J connectivity index is 1.71. The molecule has 0 spiro atoms. The lowest BCUT2D eigenvalue weighted by atomic mass is 9.89. The highest BCUT2D eigenvalue weighted by atomic mass is 32.1. The lowest BCUT2D eigenvalue weighted by Crippen LogP contribution is -2.30. The second kappa shape index (κ2) is 6.93. The quantitative estimate of drug-likeness (QED) is 0.614. The smallest absolute Gasteiger partial charge is 0.222 e. The van der Waals surface area contributed by atoms with Crippen LogP contribution in [0.25, 0.3) is 20.8 Å². The number of rotatable bonds is 4. The predicted octanol–water partition coefficient (Wildman–Crippen LogP) is 3.70. The number of hydrogen-bond acceptors (Lipinski definition) is 8. The second-order valence-corrected chi connectivity index (χ2v) is 9.19. The van der Waals surface area contributed by atoms with Crippen LogP contribution in [0.1, 0.15) is 44.5 Å². The number of nitrogens with zero attached hydrogens (tertiary/aromatic N) is 4. The van der Waals surface area contributed by atoms with E-state index < -0.39 is 5.60 Å². The van der Waals surface area contributed by atoms with Crippen LogP contribution in [-0.2, 0) is 0 Å². The molecule has 3 heterocycles. The van der Waals surface area contributed by atoms with Crippen LogP contribution >= 0.6 is 11.3 Å². The summed E-state index contributed by atoms with van der Waals surface area (Å²) < 4.78 is 1.09. The minimum atomic E-state index is -0.669. The van der Waals surface area contributed by atoms with Crippen molar-refractivity contribution in [2.75, 3.05) is 11.1 Å². The molecule has 148 valence electrons. The van der Waals surface area contributed by atoms with Gasteiger partial charge in [0.1, 0.15) is 16.3 Å². The number of pyridine rings is 1. The van der Waals surface area contributed by atoms with E-state index in [-0.39, 0.29) is 17.9 Å². The Hall–Kier alpha value is -2.32. The Morgan fingerprint density at radius 3 is 2.64 bits per heavy atom. The first-order valence-electron chi connectivity index (χ1n) is 9.58. The standard InChI is InChI=1S/C20H26N6OS/c1-10-15(18-25-16-11(2)22-8-7-14(16)28-18)17(26-19(21)23-10)24-13-6-5-12(9-13)20(3,4)27/h7-8,12-13,27H,5-6,9H2,1-4H3,(H3,21,23,24,26). The van der Waals surface area contributed by atoms with Gasteiger partial charge in [0.15, 0.2) is 0 Å². The molecule has 4 rings (SSSR count). The molecule has 0 bridgehead atoms. The molecule has 1 aliphatic rings. The number of fused-ring (bicyclic) bond motifs is 1. The van der Waals surface area contributed by atoms with Gasteiger partial charge in [0.2, 0.25) is 5.95 Å². The molecule has 0 amide bonds. The molecule has 1 saturated carbocycles. The zero-order valence-electron chi connectivity index (χ0n) is 16.7. The molecule has 1 aliphatic carbocycles. The van der Waals surface area contributed by atoms with Crippen LogP contribution in [0, 0.1) is 19.8 Å². The largest absolute Gasteiger partial charge is 0.390 e. The van der Waals surface area contributed by atoms with Gasteiger partial charge in [-0.2, -0.15) is 4.98 Å². The molecular formula is C20H26N6OS. The van der Waals surface area contributed by atoms with E-state index in [9.17, 15) is 5.11 Å². The maximum Gasteiger partial charge on any atom is 0.222 e. The van der Waals surface area contributed by atoms with Gasteiger partial charge in [-0.25, -0.2) is 9.97 Å². The van der Waals surface area contributed by atoms with Crippen LogP contribution in [-0.4, -0.2) is 36.7 Å². The first kappa shape index (κ1) is 19.0. The lowest BCUT2D eigenvalue weighted by molar-refractivity contribution is 0.0197. The van der Waals surface area contributed by atoms with Gasteiger partial charge < -0.3 is 16.2 Å². The third kappa shape index (κ3) is 3.54. The van der Waals surface area contributed by atoms with Crippen LogP contribution in [0.3, 0.4) is 0 Å². The summed E-state index contributed by atoms with van der Waals surface area (Å²) in [5, 5.41) is 14.8. The maximum absolute atomic E-state index is 10.3. The predicted molar refractivity (Wildman–Crippen MR) is 113 cm³/mol. The molecule has 0 aliphatic heterocycles. The van der Waals surface area contributed by atoms with Gasteiger partial charge in [-0.05, 0) is 58.9 Å². The van der Waals surface area contributed by atoms with E-state index in [1.807, 2.05) is 33.8 Å². The normalized spacial score (nSPS) is 20.0. The van der Waals surface area contributed by atoms with Crippen molar-refractivity contribution < 1.29 is 5.11 Å². The number of nitrogens with one attached hydrogen (secondary N) is 1. The van der Waals surface area contributed by atoms with E-state index in [2.05, 4.69) is 20.3 Å². The van der Waals surface area contributed by atoms with Gasteiger partial charge in [0, 0.05) is 12.2 Å². The molecule has 1 fully saturated rings. The van der Waals surface area contributed by atoms with Crippen LogP contribution in [0.15, 0.2) is 12.3 Å². The summed E-state index contributed by atoms with van der Waals surface area (Å²) in [5.41, 5.74) is 8.79. The number of aliphatic hydroxyl groups is 1. The van der Waals surface area contributed by atoms with Crippen molar-refractivity contribution >= 4 is 33.3 Å². The van der Waals surface area contributed by atoms with Gasteiger partial charge in [-0.15, -0.1) is 11.3 Å². The number of aromatic nitrogens is 4. The van der Waals surface area contributed by atoms with Crippen LogP contribution in [0.2, 0.25) is 0 Å². The molecule has 0 saturated heterocycles. The summed E-state index contributed by atoms with van der Waals surface area (Å²) in [5.74, 6) is 1.24. The van der Waals surface area contributed by atoms with E-state index in [0.29, 0.717) is 0 Å². The molecule has 7 nitrogen and oxygen atoms in total. The van der Waals surface area contributed by atoms with Crippen LogP contribution in [0.4, 0.5) is 11.8 Å². The number of nitrogen functional groups attached to an aromatic ring is 1. The highest BCUT2D eigenvalue weighted by Crippen LogP contribution is 2.39. The van der Waals surface area contributed by atoms with Crippen molar-refractivity contribution in [3.05, 3.63) is 23.7 Å². The van der Waals surface area contributed by atoms with Crippen molar-refractivity contribution in [3.63, 3.8) is 0 Å². The molecule has 0 aromatic carbocycles. The zero-order valence-corrected chi connectivity index (χ0v) is 17.5. The fourth-order valence-corrected chi connectivity index (χ4v) is 5.10. The average Bonchev–Trinajstić information content (AvgIpc) is 3.21. The van der Waals surface area contributed by atoms with Gasteiger partial charge >= 0.3 is 0 Å². The van der Waals surface area contributed by atoms with E-state index >= 15 is 0 Å². The summed E-state index contributed by atoms with van der Waals surface area (Å²) in [4.78, 5) is 18.0. The van der Waals surface area contributed by atoms with Gasteiger partial charge in [0.05, 0.1) is 27.3 Å². The fourth-order valence-electron chi connectivity index (χ4n) is 3.99. The van der Waals surface area contributed by atoms with E-state index in [1.54, 1.807) is 17.5 Å². The molecule has 4 N–H and O–H groups in total. The SMILES string of the molecule is Cc1nc(N)nc(NC2CCC(C(C)(C)O)C2)c1-c1nc2c(C)nccc2s1. The van der Waals surface area contributed by atoms with Crippen molar-refractivity contribution in [1.82, 2.24) is 19.9 Å². The third-order valence-electron chi connectivity index (χ3n) is 5.58. The Bertz CT molecular complexity index is 1030. The van der Waals surface area contributed by atoms with Crippen molar-refractivity contribution in [3.8, 4) is 10.6 Å². The first-order chi connectivity index (χ1) is 13.2. The minimum absolute atomic E-state index is 0.238. The number of aryl methyl sites for hydroxylation is 2. The average molecular weight is 399 g/mol. The first-order valence-corrected chi connectivity index (χ1v) is 10.4. The Labute approximate surface area is 168 Å². The highest BCUT2D eigenvalue weighted by molar-refractivity contribution is 7.21. The second-order valence-electron chi connectivity index (χ2n) is 8.16. The Kier molecular flexibility index (Phi) is 4.71. The van der Waals surface area contributed by atoms with Crippen molar-refractivity contribution in [2.45, 2.75) is 58.6 Å². The van der Waals surface area contributed by atoms with Gasteiger partial charge in [-0.1, -0.05) is 0 Å². The third-order valence-corrected chi connectivity index (χ3v) is 6.62. The topological polar surface area (TPSA) is 110 Å². The van der Waals surface area contributed by atoms with E-state index in [4.69, 9.17) is 10.7 Å².